The number of hydrazine groups is 1. The van der Waals surface area contributed by atoms with Gasteiger partial charge in [0.25, 0.3) is 0 Å². The van der Waals surface area contributed by atoms with E-state index in [0.29, 0.717) is 6.42 Å². The van der Waals surface area contributed by atoms with E-state index >= 15 is 0 Å². The van der Waals surface area contributed by atoms with Crippen LogP contribution in [-0.2, 0) is 13.0 Å². The molecule has 114 valence electrons. The average molecular weight is 419 g/mol. The van der Waals surface area contributed by atoms with Crippen molar-refractivity contribution < 1.29 is 0 Å². The number of halogens is 2. The second kappa shape index (κ2) is 7.09. The average Bonchev–Trinajstić information content (AvgIpc) is 2.75. The van der Waals surface area contributed by atoms with Crippen LogP contribution in [0.3, 0.4) is 0 Å². The third-order valence-corrected chi connectivity index (χ3v) is 5.61. The van der Waals surface area contributed by atoms with E-state index < -0.39 is 0 Å². The lowest BCUT2D eigenvalue weighted by molar-refractivity contribution is 0.515. The number of nitrogens with zero attached hydrogens (tertiary/aromatic N) is 2. The van der Waals surface area contributed by atoms with Gasteiger partial charge in [-0.3, -0.25) is 16.0 Å². The normalized spacial score (nSPS) is 12.7. The number of hydrogen-bond donors (Lipinski definition) is 2. The zero-order valence-electron chi connectivity index (χ0n) is 12.5. The zero-order chi connectivity index (χ0) is 15.6. The molecule has 0 fully saturated rings. The summed E-state index contributed by atoms with van der Waals surface area (Å²) >= 11 is 8.77. The van der Waals surface area contributed by atoms with Crippen LogP contribution in [-0.4, -0.2) is 9.78 Å². The van der Waals surface area contributed by atoms with Crippen LogP contribution in [0.5, 0.6) is 0 Å². The lowest BCUT2D eigenvalue weighted by Crippen LogP contribution is -2.31. The number of aromatic nitrogens is 2. The molecule has 0 saturated heterocycles. The van der Waals surface area contributed by atoms with Crippen LogP contribution in [0.4, 0.5) is 0 Å². The Balaban J connectivity index is 2.38. The van der Waals surface area contributed by atoms with E-state index in [0.717, 1.165) is 23.0 Å². The molecule has 0 radical (unpaired) electrons. The summed E-state index contributed by atoms with van der Waals surface area (Å²) in [6.45, 7) is 6.89. The largest absolute Gasteiger partial charge is 0.271 e. The minimum Gasteiger partial charge on any atom is -0.271 e. The van der Waals surface area contributed by atoms with Gasteiger partial charge in [-0.15, -0.1) is 0 Å². The summed E-state index contributed by atoms with van der Waals surface area (Å²) in [6.07, 6.45) is 0.712. The molecule has 6 heteroatoms. The first-order valence-corrected chi connectivity index (χ1v) is 8.38. The molecule has 1 unspecified atom stereocenters. The molecule has 1 aromatic heterocycles. The molecule has 1 heterocycles. The van der Waals surface area contributed by atoms with Crippen LogP contribution in [0.2, 0.25) is 5.02 Å². The van der Waals surface area contributed by atoms with Gasteiger partial charge in [0.1, 0.15) is 0 Å². The lowest BCUT2D eigenvalue weighted by atomic mass is 10.0. The summed E-state index contributed by atoms with van der Waals surface area (Å²) in [5.74, 6) is 5.79. The minimum atomic E-state index is 0.00991. The van der Waals surface area contributed by atoms with Gasteiger partial charge in [0.15, 0.2) is 0 Å². The van der Waals surface area contributed by atoms with Crippen LogP contribution in [0.1, 0.15) is 35.5 Å². The molecule has 4 nitrogen and oxygen atoms in total. The van der Waals surface area contributed by atoms with Crippen LogP contribution in [0, 0.1) is 17.4 Å². The second-order valence-corrected chi connectivity index (χ2v) is 6.52. The van der Waals surface area contributed by atoms with Gasteiger partial charge in [-0.2, -0.15) is 5.10 Å². The van der Waals surface area contributed by atoms with Gasteiger partial charge in [0.05, 0.1) is 22.5 Å². The zero-order valence-corrected chi connectivity index (χ0v) is 15.4. The smallest absolute Gasteiger partial charge is 0.0847 e. The van der Waals surface area contributed by atoms with Crippen LogP contribution < -0.4 is 11.3 Å². The van der Waals surface area contributed by atoms with Gasteiger partial charge in [-0.05, 0) is 54.5 Å². The SMILES string of the molecule is CCn1nc(C)c(Cl)c1CC(NN)c1cccc(C)c1I. The van der Waals surface area contributed by atoms with Crippen LogP contribution in [0.15, 0.2) is 18.2 Å². The molecule has 3 N–H and O–H groups in total. The van der Waals surface area contributed by atoms with E-state index in [-0.39, 0.29) is 6.04 Å². The van der Waals surface area contributed by atoms with Crippen molar-refractivity contribution in [3.63, 3.8) is 0 Å². The summed E-state index contributed by atoms with van der Waals surface area (Å²) in [6, 6.07) is 6.27. The van der Waals surface area contributed by atoms with Gasteiger partial charge >= 0.3 is 0 Å². The summed E-state index contributed by atoms with van der Waals surface area (Å²) in [5, 5.41) is 5.20. The quantitative estimate of drug-likeness (QED) is 0.444. The van der Waals surface area contributed by atoms with Crippen molar-refractivity contribution in [3.05, 3.63) is 49.3 Å². The third-order valence-electron chi connectivity index (χ3n) is 3.65. The molecule has 21 heavy (non-hydrogen) atoms. The van der Waals surface area contributed by atoms with Crippen molar-refractivity contribution in [2.45, 2.75) is 39.8 Å². The fourth-order valence-corrected chi connectivity index (χ4v) is 3.40. The Bertz CT molecular complexity index is 639. The Morgan fingerprint density at radius 1 is 1.43 bits per heavy atom. The highest BCUT2D eigenvalue weighted by Crippen LogP contribution is 2.29. The predicted octanol–water partition coefficient (Wildman–Crippen LogP) is 3.52. The van der Waals surface area contributed by atoms with E-state index in [4.69, 9.17) is 17.4 Å². The summed E-state index contributed by atoms with van der Waals surface area (Å²) in [5.41, 5.74) is 7.25. The van der Waals surface area contributed by atoms with Gasteiger partial charge in [0.2, 0.25) is 0 Å². The molecule has 0 saturated carbocycles. The Morgan fingerprint density at radius 3 is 2.76 bits per heavy atom. The minimum absolute atomic E-state index is 0.00991. The molecular formula is C15H20ClIN4. The van der Waals surface area contributed by atoms with Crippen LogP contribution in [0.25, 0.3) is 0 Å². The number of hydrogen-bond acceptors (Lipinski definition) is 3. The van der Waals surface area contributed by atoms with Crippen molar-refractivity contribution in [1.29, 1.82) is 0 Å². The monoisotopic (exact) mass is 418 g/mol. The van der Waals surface area contributed by atoms with Gasteiger partial charge in [-0.25, -0.2) is 0 Å². The Hall–Kier alpha value is -0.630. The Kier molecular flexibility index (Phi) is 5.65. The number of aryl methyl sites for hydroxylation is 3. The highest BCUT2D eigenvalue weighted by Gasteiger charge is 2.20. The molecular weight excluding hydrogens is 399 g/mol. The molecule has 0 aliphatic heterocycles. The molecule has 2 rings (SSSR count). The Morgan fingerprint density at radius 2 is 2.14 bits per heavy atom. The molecule has 0 aliphatic rings. The molecule has 1 aromatic carbocycles. The van der Waals surface area contributed by atoms with Gasteiger partial charge in [0, 0.05) is 16.5 Å². The number of nitrogens with two attached hydrogens (primary N) is 1. The molecule has 1 atom stereocenters. The van der Waals surface area contributed by atoms with Crippen molar-refractivity contribution in [1.82, 2.24) is 15.2 Å². The number of rotatable bonds is 5. The van der Waals surface area contributed by atoms with Gasteiger partial charge in [-0.1, -0.05) is 29.8 Å². The first-order chi connectivity index (χ1) is 9.99. The first kappa shape index (κ1) is 16.7. The molecule has 0 bridgehead atoms. The second-order valence-electron chi connectivity index (χ2n) is 5.06. The summed E-state index contributed by atoms with van der Waals surface area (Å²) < 4.78 is 3.18. The number of nitrogens with one attached hydrogen (secondary N) is 1. The highest BCUT2D eigenvalue weighted by molar-refractivity contribution is 14.1. The highest BCUT2D eigenvalue weighted by atomic mass is 127. The Labute approximate surface area is 144 Å². The maximum atomic E-state index is 6.40. The maximum Gasteiger partial charge on any atom is 0.0847 e. The summed E-state index contributed by atoms with van der Waals surface area (Å²) in [7, 11) is 0. The van der Waals surface area contributed by atoms with E-state index in [1.807, 2.05) is 11.6 Å². The lowest BCUT2D eigenvalue weighted by Gasteiger charge is -2.19. The fraction of sp³-hybridized carbons (Fsp3) is 0.400. The molecule has 0 amide bonds. The molecule has 0 spiro atoms. The van der Waals surface area contributed by atoms with Crippen molar-refractivity contribution >= 4 is 34.2 Å². The molecule has 2 aromatic rings. The van der Waals surface area contributed by atoms with Crippen molar-refractivity contribution in [3.8, 4) is 0 Å². The summed E-state index contributed by atoms with van der Waals surface area (Å²) in [4.78, 5) is 0. The first-order valence-electron chi connectivity index (χ1n) is 6.92. The van der Waals surface area contributed by atoms with E-state index in [1.165, 1.54) is 14.7 Å². The van der Waals surface area contributed by atoms with Crippen molar-refractivity contribution in [2.75, 3.05) is 0 Å². The topological polar surface area (TPSA) is 55.9 Å². The fourth-order valence-electron chi connectivity index (χ4n) is 2.46. The number of benzene rings is 1. The van der Waals surface area contributed by atoms with Gasteiger partial charge < -0.3 is 0 Å². The van der Waals surface area contributed by atoms with Crippen molar-refractivity contribution in [2.24, 2.45) is 5.84 Å². The van der Waals surface area contributed by atoms with E-state index in [1.54, 1.807) is 0 Å². The standard InChI is InChI=1S/C15H20ClIN4/c1-4-21-13(14(16)10(3)20-21)8-12(19-18)11-7-5-6-9(2)15(11)17/h5-7,12,19H,4,8,18H2,1-3H3. The van der Waals surface area contributed by atoms with Crippen LogP contribution >= 0.6 is 34.2 Å². The molecule has 0 aliphatic carbocycles. The third kappa shape index (κ3) is 3.41. The maximum absolute atomic E-state index is 6.40. The predicted molar refractivity (Wildman–Crippen MR) is 95.3 cm³/mol. The van der Waals surface area contributed by atoms with E-state index in [2.05, 4.69) is 65.2 Å². The van der Waals surface area contributed by atoms with E-state index in [9.17, 15) is 0 Å².